The van der Waals surface area contributed by atoms with Crippen LogP contribution in [0.25, 0.3) is 0 Å². The van der Waals surface area contributed by atoms with Gasteiger partial charge in [-0.15, -0.1) is 0 Å². The number of aryl methyl sites for hydroxylation is 2. The molecular formula is C16H19BrN2O2. The molecule has 21 heavy (non-hydrogen) atoms. The molecule has 0 spiro atoms. The number of Topliss-reactive ketones (excluding diaryl/α,β-unsaturated/α-hetero) is 1. The van der Waals surface area contributed by atoms with Gasteiger partial charge in [0.25, 0.3) is 5.56 Å². The quantitative estimate of drug-likeness (QED) is 0.794. The molecule has 0 aliphatic heterocycles. The normalized spacial score (nSPS) is 10.9. The molecule has 0 aliphatic carbocycles. The van der Waals surface area contributed by atoms with Crippen LogP contribution < -0.4 is 5.56 Å². The summed E-state index contributed by atoms with van der Waals surface area (Å²) in [5, 5.41) is 0. The zero-order chi connectivity index (χ0) is 15.7. The van der Waals surface area contributed by atoms with Gasteiger partial charge in [0.1, 0.15) is 0 Å². The highest BCUT2D eigenvalue weighted by Gasteiger charge is 2.16. The number of halogens is 1. The first-order chi connectivity index (χ1) is 9.85. The topological polar surface area (TPSA) is 44.0 Å². The van der Waals surface area contributed by atoms with Crippen molar-refractivity contribution in [1.29, 1.82) is 0 Å². The largest absolute Gasteiger partial charge is 0.349 e. The molecule has 2 rings (SSSR count). The molecule has 0 N–H and O–H groups in total. The molecule has 2 aromatic rings. The minimum Gasteiger partial charge on any atom is -0.349 e. The highest BCUT2D eigenvalue weighted by atomic mass is 79.9. The number of hydrogen-bond donors (Lipinski definition) is 0. The van der Waals surface area contributed by atoms with Crippen molar-refractivity contribution in [3.63, 3.8) is 0 Å². The smallest absolute Gasteiger partial charge is 0.253 e. The van der Waals surface area contributed by atoms with E-state index in [0.29, 0.717) is 11.1 Å². The molecule has 112 valence electrons. The summed E-state index contributed by atoms with van der Waals surface area (Å²) in [5.74, 6) is -0.0394. The zero-order valence-electron chi connectivity index (χ0n) is 12.7. The fourth-order valence-corrected chi connectivity index (χ4v) is 3.26. The van der Waals surface area contributed by atoms with Crippen LogP contribution in [-0.2, 0) is 13.1 Å². The maximum atomic E-state index is 12.5. The number of hydrogen-bond acceptors (Lipinski definition) is 2. The summed E-state index contributed by atoms with van der Waals surface area (Å²) in [5.41, 5.74) is 3.21. The third-order valence-electron chi connectivity index (χ3n) is 3.74. The van der Waals surface area contributed by atoms with Gasteiger partial charge in [-0.2, -0.15) is 0 Å². The Kier molecular flexibility index (Phi) is 4.52. The van der Waals surface area contributed by atoms with Crippen LogP contribution in [-0.4, -0.2) is 14.9 Å². The van der Waals surface area contributed by atoms with E-state index in [1.807, 2.05) is 19.9 Å². The summed E-state index contributed by atoms with van der Waals surface area (Å²) in [4.78, 5) is 24.6. The molecule has 2 heterocycles. The van der Waals surface area contributed by atoms with Gasteiger partial charge in [-0.25, -0.2) is 0 Å². The third kappa shape index (κ3) is 3.02. The average Bonchev–Trinajstić information content (AvgIpc) is 2.70. The van der Waals surface area contributed by atoms with Crippen LogP contribution in [0.15, 0.2) is 27.6 Å². The Labute approximate surface area is 132 Å². The van der Waals surface area contributed by atoms with Crippen LogP contribution in [0.1, 0.15) is 34.2 Å². The van der Waals surface area contributed by atoms with Gasteiger partial charge >= 0.3 is 0 Å². The zero-order valence-corrected chi connectivity index (χ0v) is 14.3. The monoisotopic (exact) mass is 350 g/mol. The van der Waals surface area contributed by atoms with Crippen molar-refractivity contribution in [1.82, 2.24) is 9.13 Å². The maximum Gasteiger partial charge on any atom is 0.253 e. The minimum absolute atomic E-state index is 0.0394. The lowest BCUT2D eigenvalue weighted by Crippen LogP contribution is -2.25. The summed E-state index contributed by atoms with van der Waals surface area (Å²) in [7, 11) is 0. The molecule has 0 fully saturated rings. The predicted molar refractivity (Wildman–Crippen MR) is 87.0 cm³/mol. The van der Waals surface area contributed by atoms with E-state index < -0.39 is 0 Å². The molecule has 0 unspecified atom stereocenters. The van der Waals surface area contributed by atoms with Crippen LogP contribution in [0.3, 0.4) is 0 Å². The van der Waals surface area contributed by atoms with Crippen molar-refractivity contribution in [3.8, 4) is 0 Å². The van der Waals surface area contributed by atoms with Crippen LogP contribution in [0.2, 0.25) is 0 Å². The van der Waals surface area contributed by atoms with Crippen LogP contribution >= 0.6 is 15.9 Å². The summed E-state index contributed by atoms with van der Waals surface area (Å²) in [6.45, 7) is 8.63. The lowest BCUT2D eigenvalue weighted by Gasteiger charge is -2.08. The predicted octanol–water partition coefficient (Wildman–Crippen LogP) is 3.24. The lowest BCUT2D eigenvalue weighted by atomic mass is 10.1. The fraction of sp³-hybridized carbons (Fsp3) is 0.375. The Morgan fingerprint density at radius 1 is 1.24 bits per heavy atom. The van der Waals surface area contributed by atoms with E-state index >= 15 is 0 Å². The van der Waals surface area contributed by atoms with E-state index in [1.165, 1.54) is 4.57 Å². The standard InChI is InChI=1S/C16H19BrN2O2/c1-5-19-11(3)7-14(12(19)4)15(20)9-18-8-13(17)6-10(2)16(18)21/h6-8H,5,9H2,1-4H3. The molecule has 0 bridgehead atoms. The minimum atomic E-state index is -0.129. The number of carbonyl (C=O) groups is 1. The third-order valence-corrected chi connectivity index (χ3v) is 4.17. The van der Waals surface area contributed by atoms with Crippen LogP contribution in [0.4, 0.5) is 0 Å². The van der Waals surface area contributed by atoms with Gasteiger partial charge in [-0.05, 0) is 55.8 Å². The van der Waals surface area contributed by atoms with Crippen molar-refractivity contribution < 1.29 is 4.79 Å². The van der Waals surface area contributed by atoms with Gasteiger partial charge in [0.15, 0.2) is 5.78 Å². The highest BCUT2D eigenvalue weighted by Crippen LogP contribution is 2.16. The second-order valence-corrected chi connectivity index (χ2v) is 6.14. The molecule has 0 radical (unpaired) electrons. The molecule has 4 nitrogen and oxygen atoms in total. The molecule has 2 aromatic heterocycles. The summed E-state index contributed by atoms with van der Waals surface area (Å²) < 4.78 is 4.36. The van der Waals surface area contributed by atoms with E-state index in [2.05, 4.69) is 27.4 Å². The van der Waals surface area contributed by atoms with Gasteiger partial charge in [-0.3, -0.25) is 9.59 Å². The first-order valence-corrected chi connectivity index (χ1v) is 7.71. The average molecular weight is 351 g/mol. The Balaban J connectivity index is 2.37. The van der Waals surface area contributed by atoms with Gasteiger partial charge in [0.2, 0.25) is 0 Å². The summed E-state index contributed by atoms with van der Waals surface area (Å²) >= 11 is 3.36. The fourth-order valence-electron chi connectivity index (χ4n) is 2.67. The van der Waals surface area contributed by atoms with Gasteiger partial charge in [0.05, 0.1) is 6.54 Å². The van der Waals surface area contributed by atoms with E-state index in [9.17, 15) is 9.59 Å². The molecule has 0 saturated carbocycles. The Morgan fingerprint density at radius 2 is 1.90 bits per heavy atom. The van der Waals surface area contributed by atoms with E-state index in [-0.39, 0.29) is 17.9 Å². The Bertz CT molecular complexity index is 756. The lowest BCUT2D eigenvalue weighted by molar-refractivity contribution is 0.0970. The Hall–Kier alpha value is -1.62. The molecule has 0 amide bonds. The van der Waals surface area contributed by atoms with E-state index in [1.54, 1.807) is 19.2 Å². The molecular weight excluding hydrogens is 332 g/mol. The molecule has 0 atom stereocenters. The van der Waals surface area contributed by atoms with Gasteiger partial charge in [0, 0.05) is 39.7 Å². The summed E-state index contributed by atoms with van der Waals surface area (Å²) in [6, 6.07) is 3.66. The first kappa shape index (κ1) is 15.8. The number of nitrogens with zero attached hydrogens (tertiary/aromatic N) is 2. The van der Waals surface area contributed by atoms with Crippen LogP contribution in [0.5, 0.6) is 0 Å². The molecule has 0 aromatic carbocycles. The van der Waals surface area contributed by atoms with Crippen molar-refractivity contribution in [3.05, 3.63) is 55.7 Å². The van der Waals surface area contributed by atoms with E-state index in [0.717, 1.165) is 22.4 Å². The second-order valence-electron chi connectivity index (χ2n) is 5.23. The maximum absolute atomic E-state index is 12.5. The van der Waals surface area contributed by atoms with Crippen molar-refractivity contribution in [2.75, 3.05) is 0 Å². The molecule has 5 heteroatoms. The van der Waals surface area contributed by atoms with Gasteiger partial charge < -0.3 is 9.13 Å². The number of ketones is 1. The molecule has 0 aliphatic rings. The van der Waals surface area contributed by atoms with Crippen LogP contribution in [0, 0.1) is 20.8 Å². The van der Waals surface area contributed by atoms with Gasteiger partial charge in [-0.1, -0.05) is 0 Å². The summed E-state index contributed by atoms with van der Waals surface area (Å²) in [6.07, 6.45) is 1.66. The van der Waals surface area contributed by atoms with Crippen molar-refractivity contribution >= 4 is 21.7 Å². The number of pyridine rings is 1. The van der Waals surface area contributed by atoms with E-state index in [4.69, 9.17) is 0 Å². The van der Waals surface area contributed by atoms with Crippen molar-refractivity contribution in [2.45, 2.75) is 40.8 Å². The Morgan fingerprint density at radius 3 is 2.48 bits per heavy atom. The molecule has 0 saturated heterocycles. The number of carbonyl (C=O) groups excluding carboxylic acids is 1. The van der Waals surface area contributed by atoms with Crippen molar-refractivity contribution in [2.24, 2.45) is 0 Å². The second kappa shape index (κ2) is 6.02. The highest BCUT2D eigenvalue weighted by molar-refractivity contribution is 9.10. The number of rotatable bonds is 4. The first-order valence-electron chi connectivity index (χ1n) is 6.91. The SMILES string of the molecule is CCn1c(C)cc(C(=O)Cn2cc(Br)cc(C)c2=O)c1C. The number of aromatic nitrogens is 2.